The second-order valence-electron chi connectivity index (χ2n) is 9.54. The predicted molar refractivity (Wildman–Crippen MR) is 133 cm³/mol. The van der Waals surface area contributed by atoms with Crippen molar-refractivity contribution in [2.75, 3.05) is 26.2 Å². The van der Waals surface area contributed by atoms with Gasteiger partial charge in [0.25, 0.3) is 0 Å². The normalized spacial score (nSPS) is 18.8. The van der Waals surface area contributed by atoms with Crippen molar-refractivity contribution in [3.63, 3.8) is 0 Å². The number of rotatable bonds is 4. The Kier molecular flexibility index (Phi) is 7.29. The fraction of sp³-hybridized carbons (Fsp3) is 0.444. The third-order valence-corrected chi connectivity index (χ3v) is 6.44. The third-order valence-electron chi connectivity index (χ3n) is 6.44. The van der Waals surface area contributed by atoms with E-state index in [-0.39, 0.29) is 17.2 Å². The number of carbonyl (C=O) groups excluding carboxylic acids is 1. The maximum absolute atomic E-state index is 14.0. The summed E-state index contributed by atoms with van der Waals surface area (Å²) in [5.41, 5.74) is 3.22. The molecule has 1 fully saturated rings. The van der Waals surface area contributed by atoms with E-state index in [1.54, 1.807) is 0 Å². The summed E-state index contributed by atoms with van der Waals surface area (Å²) >= 11 is 0. The SMILES string of the molecule is CC1=CCC=C2CC(N3CCN(C(=O)CCC(C)C)CC3)=NC(c3cc(F)ccc3O)=NC2=C1. The van der Waals surface area contributed by atoms with Crippen LogP contribution in [0.1, 0.15) is 52.0 Å². The van der Waals surface area contributed by atoms with Gasteiger partial charge in [0.1, 0.15) is 17.4 Å². The lowest BCUT2D eigenvalue weighted by Crippen LogP contribution is -2.50. The summed E-state index contributed by atoms with van der Waals surface area (Å²) in [5, 5.41) is 10.4. The van der Waals surface area contributed by atoms with Gasteiger partial charge in [0.2, 0.25) is 5.91 Å². The minimum Gasteiger partial charge on any atom is -0.507 e. The van der Waals surface area contributed by atoms with E-state index in [4.69, 9.17) is 9.98 Å². The van der Waals surface area contributed by atoms with Gasteiger partial charge < -0.3 is 14.9 Å². The standard InChI is InChI=1S/C27H33FN4O2/c1-18(2)7-10-26(34)32-13-11-31(12-14-32)25-16-20-6-4-5-19(3)15-23(20)29-27(30-25)22-17-21(28)8-9-24(22)33/h5-6,8-9,15,17-18,33H,4,7,10-14,16H2,1-3H3. The van der Waals surface area contributed by atoms with Crippen LogP contribution >= 0.6 is 0 Å². The van der Waals surface area contributed by atoms with Crippen molar-refractivity contribution in [2.45, 2.75) is 46.5 Å². The van der Waals surface area contributed by atoms with Gasteiger partial charge in [-0.2, -0.15) is 0 Å². The molecule has 0 atom stereocenters. The highest BCUT2D eigenvalue weighted by molar-refractivity contribution is 6.10. The molecule has 34 heavy (non-hydrogen) atoms. The fourth-order valence-corrected chi connectivity index (χ4v) is 4.37. The number of allylic oxidation sites excluding steroid dienone is 5. The molecule has 7 heteroatoms. The van der Waals surface area contributed by atoms with Gasteiger partial charge in [0, 0.05) is 39.0 Å². The van der Waals surface area contributed by atoms with E-state index in [0.717, 1.165) is 35.5 Å². The molecule has 0 radical (unpaired) electrons. The quantitative estimate of drug-likeness (QED) is 0.695. The largest absolute Gasteiger partial charge is 0.507 e. The Balaban J connectivity index is 1.61. The lowest BCUT2D eigenvalue weighted by atomic mass is 10.1. The van der Waals surface area contributed by atoms with Gasteiger partial charge in [-0.15, -0.1) is 0 Å². The first kappa shape index (κ1) is 23.9. The molecule has 1 aromatic rings. The van der Waals surface area contributed by atoms with Crippen molar-refractivity contribution in [3.8, 4) is 5.75 Å². The highest BCUT2D eigenvalue weighted by Gasteiger charge is 2.27. The Morgan fingerprint density at radius 2 is 1.91 bits per heavy atom. The number of phenolic OH excluding ortho intramolecular Hbond substituents is 1. The summed E-state index contributed by atoms with van der Waals surface area (Å²) in [7, 11) is 0. The zero-order chi connectivity index (χ0) is 24.2. The molecule has 2 aliphatic heterocycles. The van der Waals surface area contributed by atoms with Crippen LogP contribution in [-0.4, -0.2) is 58.7 Å². The maximum Gasteiger partial charge on any atom is 0.222 e. The van der Waals surface area contributed by atoms with Crippen LogP contribution in [-0.2, 0) is 4.79 Å². The number of hydrogen-bond donors (Lipinski definition) is 1. The van der Waals surface area contributed by atoms with Gasteiger partial charge in [-0.05, 0) is 55.5 Å². The van der Waals surface area contributed by atoms with E-state index >= 15 is 0 Å². The molecule has 1 aromatic carbocycles. The first-order chi connectivity index (χ1) is 16.3. The highest BCUT2D eigenvalue weighted by Crippen LogP contribution is 2.29. The first-order valence-electron chi connectivity index (χ1n) is 12.1. The second-order valence-corrected chi connectivity index (χ2v) is 9.54. The van der Waals surface area contributed by atoms with Crippen LogP contribution in [0.5, 0.6) is 5.75 Å². The number of phenols is 1. The molecule has 1 amide bonds. The van der Waals surface area contributed by atoms with E-state index in [1.165, 1.54) is 18.2 Å². The topological polar surface area (TPSA) is 68.5 Å². The van der Waals surface area contributed by atoms with Crippen LogP contribution in [0, 0.1) is 11.7 Å². The highest BCUT2D eigenvalue weighted by atomic mass is 19.1. The molecule has 1 aliphatic carbocycles. The lowest BCUT2D eigenvalue weighted by Gasteiger charge is -2.36. The van der Waals surface area contributed by atoms with Gasteiger partial charge in [0.15, 0.2) is 5.84 Å². The molecule has 2 heterocycles. The summed E-state index contributed by atoms with van der Waals surface area (Å²) in [6.45, 7) is 8.95. The Labute approximate surface area is 200 Å². The summed E-state index contributed by atoms with van der Waals surface area (Å²) < 4.78 is 14.0. The molecule has 6 nitrogen and oxygen atoms in total. The van der Waals surface area contributed by atoms with Crippen molar-refractivity contribution in [2.24, 2.45) is 15.9 Å². The number of piperazine rings is 1. The van der Waals surface area contributed by atoms with E-state index < -0.39 is 5.82 Å². The zero-order valence-electron chi connectivity index (χ0n) is 20.2. The van der Waals surface area contributed by atoms with Crippen molar-refractivity contribution in [1.29, 1.82) is 0 Å². The molecule has 0 saturated carbocycles. The number of aliphatic imine (C=N–C) groups is 2. The molecule has 1 N–H and O–H groups in total. The summed E-state index contributed by atoms with van der Waals surface area (Å²) in [5.74, 6) is 1.33. The minimum absolute atomic E-state index is 0.0577. The number of fused-ring (bicyclic) bond motifs is 1. The molecule has 3 aliphatic rings. The Hall–Kier alpha value is -3.22. The number of aromatic hydroxyl groups is 1. The summed E-state index contributed by atoms with van der Waals surface area (Å²) in [4.78, 5) is 26.3. The summed E-state index contributed by atoms with van der Waals surface area (Å²) in [6.07, 6.45) is 9.20. The number of amidine groups is 2. The molecule has 0 bridgehead atoms. The van der Waals surface area contributed by atoms with Crippen LogP contribution in [0.3, 0.4) is 0 Å². The molecule has 1 saturated heterocycles. The molecule has 180 valence electrons. The average molecular weight is 465 g/mol. The van der Waals surface area contributed by atoms with E-state index in [1.807, 2.05) is 17.9 Å². The van der Waals surface area contributed by atoms with E-state index in [9.17, 15) is 14.3 Å². The number of benzene rings is 1. The number of nitrogens with zero attached hydrogens (tertiary/aromatic N) is 4. The van der Waals surface area contributed by atoms with E-state index in [2.05, 4.69) is 30.9 Å². The summed E-state index contributed by atoms with van der Waals surface area (Å²) in [6, 6.07) is 3.83. The van der Waals surface area contributed by atoms with Crippen LogP contribution in [0.4, 0.5) is 4.39 Å². The monoisotopic (exact) mass is 464 g/mol. The molecule has 0 aromatic heterocycles. The molecule has 0 spiro atoms. The van der Waals surface area contributed by atoms with Gasteiger partial charge >= 0.3 is 0 Å². The van der Waals surface area contributed by atoms with Crippen molar-refractivity contribution in [1.82, 2.24) is 9.80 Å². The van der Waals surface area contributed by atoms with Crippen LogP contribution in [0.15, 0.2) is 63.3 Å². The third kappa shape index (κ3) is 5.64. The smallest absolute Gasteiger partial charge is 0.222 e. The second kappa shape index (κ2) is 10.4. The van der Waals surface area contributed by atoms with Gasteiger partial charge in [0.05, 0.1) is 11.3 Å². The average Bonchev–Trinajstić information content (AvgIpc) is 3.09. The Morgan fingerprint density at radius 1 is 1.15 bits per heavy atom. The van der Waals surface area contributed by atoms with Gasteiger partial charge in [-0.3, -0.25) is 4.79 Å². The predicted octanol–water partition coefficient (Wildman–Crippen LogP) is 4.82. The van der Waals surface area contributed by atoms with Crippen molar-refractivity contribution < 1.29 is 14.3 Å². The number of carbonyl (C=O) groups is 1. The molecule has 4 rings (SSSR count). The number of halogens is 1. The Morgan fingerprint density at radius 3 is 2.65 bits per heavy atom. The van der Waals surface area contributed by atoms with Crippen LogP contribution in [0.25, 0.3) is 0 Å². The van der Waals surface area contributed by atoms with Crippen molar-refractivity contribution >= 4 is 17.6 Å². The number of amides is 1. The fourth-order valence-electron chi connectivity index (χ4n) is 4.37. The van der Waals surface area contributed by atoms with Gasteiger partial charge in [-0.1, -0.05) is 31.6 Å². The first-order valence-corrected chi connectivity index (χ1v) is 12.1. The van der Waals surface area contributed by atoms with Crippen molar-refractivity contribution in [3.05, 3.63) is 64.7 Å². The molecular weight excluding hydrogens is 431 g/mol. The lowest BCUT2D eigenvalue weighted by molar-refractivity contribution is -0.132. The maximum atomic E-state index is 14.0. The molecular formula is C27H33FN4O2. The van der Waals surface area contributed by atoms with Gasteiger partial charge in [-0.25, -0.2) is 14.4 Å². The minimum atomic E-state index is -0.452. The Bertz CT molecular complexity index is 1110. The molecule has 0 unspecified atom stereocenters. The van der Waals surface area contributed by atoms with Crippen LogP contribution < -0.4 is 0 Å². The zero-order valence-corrected chi connectivity index (χ0v) is 20.2. The van der Waals surface area contributed by atoms with E-state index in [0.29, 0.717) is 50.8 Å². The van der Waals surface area contributed by atoms with Crippen LogP contribution in [0.2, 0.25) is 0 Å². The number of hydrogen-bond acceptors (Lipinski definition) is 5.